The molecule has 0 spiro atoms. The number of hydrogen-bond acceptors (Lipinski definition) is 3. The Bertz CT molecular complexity index is 123. The molecule has 0 bridgehead atoms. The summed E-state index contributed by atoms with van der Waals surface area (Å²) in [6.07, 6.45) is 3.58. The topological polar surface area (TPSA) is 24.5 Å². The Morgan fingerprint density at radius 1 is 1.31 bits per heavy atom. The third-order valence-electron chi connectivity index (χ3n) is 2.00. The molecule has 1 N–H and O–H groups in total. The molecule has 13 heavy (non-hydrogen) atoms. The standard InChI is InChI=1S/C9H21N2OP/c1-3-7-11(8-4-2)13-10-6-5-9-12-13/h10H,3-9H2,1-2H3. The van der Waals surface area contributed by atoms with Gasteiger partial charge in [-0.3, -0.25) is 5.09 Å². The minimum atomic E-state index is -0.464. The van der Waals surface area contributed by atoms with Crippen molar-refractivity contribution >= 4 is 8.45 Å². The molecule has 1 unspecified atom stereocenters. The van der Waals surface area contributed by atoms with Gasteiger partial charge in [-0.15, -0.1) is 0 Å². The molecule has 1 fully saturated rings. The summed E-state index contributed by atoms with van der Waals surface area (Å²) < 4.78 is 8.18. The molecule has 1 atom stereocenters. The molecule has 1 aliphatic rings. The summed E-state index contributed by atoms with van der Waals surface area (Å²) in [5.41, 5.74) is 0. The summed E-state index contributed by atoms with van der Waals surface area (Å²) in [5.74, 6) is 0. The fraction of sp³-hybridized carbons (Fsp3) is 1.00. The molecule has 0 amide bonds. The highest BCUT2D eigenvalue weighted by Crippen LogP contribution is 2.39. The molecule has 78 valence electrons. The average molecular weight is 204 g/mol. The predicted molar refractivity (Wildman–Crippen MR) is 57.6 cm³/mol. The third-order valence-corrected chi connectivity index (χ3v) is 3.84. The van der Waals surface area contributed by atoms with Gasteiger partial charge < -0.3 is 4.52 Å². The summed E-state index contributed by atoms with van der Waals surface area (Å²) in [6.45, 7) is 8.82. The van der Waals surface area contributed by atoms with Crippen LogP contribution in [0.1, 0.15) is 33.1 Å². The highest BCUT2D eigenvalue weighted by atomic mass is 31.2. The van der Waals surface area contributed by atoms with Gasteiger partial charge in [0.2, 0.25) is 0 Å². The first-order chi connectivity index (χ1) is 6.38. The van der Waals surface area contributed by atoms with E-state index in [9.17, 15) is 0 Å². The van der Waals surface area contributed by atoms with Gasteiger partial charge in [0, 0.05) is 19.6 Å². The van der Waals surface area contributed by atoms with Crippen LogP contribution in [0.3, 0.4) is 0 Å². The first-order valence-corrected chi connectivity index (χ1v) is 6.51. The SMILES string of the molecule is CCCN(CCC)P1NCCCO1. The fourth-order valence-corrected chi connectivity index (χ4v) is 3.30. The monoisotopic (exact) mass is 204 g/mol. The van der Waals surface area contributed by atoms with Gasteiger partial charge in [0.05, 0.1) is 6.61 Å². The lowest BCUT2D eigenvalue weighted by Crippen LogP contribution is -2.31. The maximum absolute atomic E-state index is 5.72. The average Bonchev–Trinajstić information content (AvgIpc) is 2.19. The van der Waals surface area contributed by atoms with E-state index < -0.39 is 8.45 Å². The van der Waals surface area contributed by atoms with Crippen LogP contribution in [0.4, 0.5) is 0 Å². The molecule has 1 rings (SSSR count). The Morgan fingerprint density at radius 3 is 2.46 bits per heavy atom. The van der Waals surface area contributed by atoms with Crippen molar-refractivity contribution in [2.75, 3.05) is 26.2 Å². The number of rotatable bonds is 5. The lowest BCUT2D eigenvalue weighted by atomic mass is 10.4. The molecular weight excluding hydrogens is 183 g/mol. The van der Waals surface area contributed by atoms with E-state index >= 15 is 0 Å². The molecule has 0 aromatic rings. The van der Waals surface area contributed by atoms with Gasteiger partial charge >= 0.3 is 0 Å². The fourth-order valence-electron chi connectivity index (χ4n) is 1.43. The Hall–Kier alpha value is 0.310. The van der Waals surface area contributed by atoms with E-state index in [2.05, 4.69) is 23.6 Å². The highest BCUT2D eigenvalue weighted by Gasteiger charge is 2.20. The lowest BCUT2D eigenvalue weighted by molar-refractivity contribution is 0.271. The second-order valence-corrected chi connectivity index (χ2v) is 5.01. The van der Waals surface area contributed by atoms with Crippen LogP contribution in [0, 0.1) is 0 Å². The van der Waals surface area contributed by atoms with Crippen LogP contribution in [0.25, 0.3) is 0 Å². The van der Waals surface area contributed by atoms with Crippen LogP contribution >= 0.6 is 8.45 Å². The minimum Gasteiger partial charge on any atom is -0.331 e. The zero-order valence-corrected chi connectivity index (χ0v) is 9.65. The number of nitrogens with zero attached hydrogens (tertiary/aromatic N) is 1. The van der Waals surface area contributed by atoms with Gasteiger partial charge in [-0.25, -0.2) is 4.67 Å². The Morgan fingerprint density at radius 2 is 2.00 bits per heavy atom. The van der Waals surface area contributed by atoms with Crippen molar-refractivity contribution < 1.29 is 4.52 Å². The van der Waals surface area contributed by atoms with Gasteiger partial charge in [0.15, 0.2) is 8.45 Å². The highest BCUT2D eigenvalue weighted by molar-refractivity contribution is 7.47. The van der Waals surface area contributed by atoms with Gasteiger partial charge in [-0.1, -0.05) is 13.8 Å². The summed E-state index contributed by atoms with van der Waals surface area (Å²) in [6, 6.07) is 0. The molecule has 0 aromatic carbocycles. The number of hydrogen-bond donors (Lipinski definition) is 1. The molecule has 1 aliphatic heterocycles. The molecule has 0 aliphatic carbocycles. The van der Waals surface area contributed by atoms with E-state index in [1.165, 1.54) is 12.8 Å². The predicted octanol–water partition coefficient (Wildman–Crippen LogP) is 2.35. The van der Waals surface area contributed by atoms with Crippen molar-refractivity contribution in [2.24, 2.45) is 0 Å². The Balaban J connectivity index is 2.32. The third kappa shape index (κ3) is 3.90. The molecule has 0 aromatic heterocycles. The lowest BCUT2D eigenvalue weighted by Gasteiger charge is -2.33. The zero-order chi connectivity index (χ0) is 9.52. The van der Waals surface area contributed by atoms with E-state index in [1.807, 2.05) is 0 Å². The summed E-state index contributed by atoms with van der Waals surface area (Å²) in [5, 5.41) is 3.46. The number of nitrogens with one attached hydrogen (secondary N) is 1. The van der Waals surface area contributed by atoms with E-state index in [0.717, 1.165) is 32.7 Å². The van der Waals surface area contributed by atoms with Crippen molar-refractivity contribution in [3.05, 3.63) is 0 Å². The van der Waals surface area contributed by atoms with E-state index in [1.54, 1.807) is 0 Å². The molecular formula is C9H21N2OP. The first kappa shape index (κ1) is 11.4. The first-order valence-electron chi connectivity index (χ1n) is 5.30. The largest absolute Gasteiger partial charge is 0.331 e. The summed E-state index contributed by atoms with van der Waals surface area (Å²) >= 11 is 0. The van der Waals surface area contributed by atoms with Crippen molar-refractivity contribution in [1.29, 1.82) is 0 Å². The minimum absolute atomic E-state index is 0.464. The van der Waals surface area contributed by atoms with Crippen LogP contribution in [0.2, 0.25) is 0 Å². The maximum atomic E-state index is 5.72. The molecule has 0 radical (unpaired) electrons. The molecule has 4 heteroatoms. The van der Waals surface area contributed by atoms with Crippen LogP contribution in [-0.2, 0) is 4.52 Å². The molecule has 1 heterocycles. The van der Waals surface area contributed by atoms with Crippen LogP contribution in [0.15, 0.2) is 0 Å². The smallest absolute Gasteiger partial charge is 0.185 e. The molecule has 1 saturated heterocycles. The van der Waals surface area contributed by atoms with Gasteiger partial charge in [-0.2, -0.15) is 0 Å². The second kappa shape index (κ2) is 6.72. The molecule has 0 saturated carbocycles. The van der Waals surface area contributed by atoms with E-state index in [-0.39, 0.29) is 0 Å². The summed E-state index contributed by atoms with van der Waals surface area (Å²) in [7, 11) is -0.464. The summed E-state index contributed by atoms with van der Waals surface area (Å²) in [4.78, 5) is 0. The quantitative estimate of drug-likeness (QED) is 0.696. The van der Waals surface area contributed by atoms with Gasteiger partial charge in [0.25, 0.3) is 0 Å². The van der Waals surface area contributed by atoms with Crippen LogP contribution in [-0.4, -0.2) is 30.9 Å². The van der Waals surface area contributed by atoms with Crippen molar-refractivity contribution in [3.8, 4) is 0 Å². The van der Waals surface area contributed by atoms with Crippen molar-refractivity contribution in [3.63, 3.8) is 0 Å². The van der Waals surface area contributed by atoms with E-state index in [4.69, 9.17) is 4.52 Å². The van der Waals surface area contributed by atoms with Gasteiger partial charge in [0.1, 0.15) is 0 Å². The van der Waals surface area contributed by atoms with Gasteiger partial charge in [-0.05, 0) is 19.3 Å². The normalized spacial score (nSPS) is 23.8. The zero-order valence-electron chi connectivity index (χ0n) is 8.75. The maximum Gasteiger partial charge on any atom is 0.185 e. The van der Waals surface area contributed by atoms with Crippen molar-refractivity contribution in [2.45, 2.75) is 33.1 Å². The van der Waals surface area contributed by atoms with E-state index in [0.29, 0.717) is 0 Å². The van der Waals surface area contributed by atoms with Crippen molar-refractivity contribution in [1.82, 2.24) is 9.76 Å². The molecule has 3 nitrogen and oxygen atoms in total. The second-order valence-electron chi connectivity index (χ2n) is 3.32. The Labute approximate surface area is 82.8 Å². The Kier molecular flexibility index (Phi) is 5.88. The van der Waals surface area contributed by atoms with Crippen LogP contribution < -0.4 is 5.09 Å². The van der Waals surface area contributed by atoms with Crippen LogP contribution in [0.5, 0.6) is 0 Å².